The van der Waals surface area contributed by atoms with E-state index in [0.29, 0.717) is 63.3 Å². The van der Waals surface area contributed by atoms with E-state index in [1.165, 1.54) is 0 Å². The van der Waals surface area contributed by atoms with Crippen molar-refractivity contribution in [3.63, 3.8) is 0 Å². The standard InChI is InChI=1S/C34H68N2O10/c1-5-7-11-15-29(38)32(46-26-24-44-22-20-37)27-30(39)31(45-25-23-43-21-6-2)16-12-9-8-10-13-17-33(40)35-18-14-19-36(3,4)28-34(41)42/h29-32,37-39H,5-28H2,1-4H3,(H-,35,40,41,42)/p+1. The molecule has 0 heterocycles. The van der Waals surface area contributed by atoms with Crippen molar-refractivity contribution in [1.29, 1.82) is 0 Å². The van der Waals surface area contributed by atoms with Gasteiger partial charge in [0.1, 0.15) is 0 Å². The predicted molar refractivity (Wildman–Crippen MR) is 179 cm³/mol. The van der Waals surface area contributed by atoms with Gasteiger partial charge in [0.05, 0.1) is 84.7 Å². The van der Waals surface area contributed by atoms with Crippen molar-refractivity contribution in [3.8, 4) is 0 Å². The first-order chi connectivity index (χ1) is 22.1. The smallest absolute Gasteiger partial charge is 0.359 e. The Morgan fingerprint density at radius 1 is 0.717 bits per heavy atom. The summed E-state index contributed by atoms with van der Waals surface area (Å²) < 4.78 is 23.3. The maximum absolute atomic E-state index is 12.2. The van der Waals surface area contributed by atoms with E-state index in [-0.39, 0.29) is 38.7 Å². The quantitative estimate of drug-likeness (QED) is 0.0509. The second-order valence-electron chi connectivity index (χ2n) is 12.9. The van der Waals surface area contributed by atoms with Crippen LogP contribution in [0.4, 0.5) is 0 Å². The number of aliphatic carboxylic acids is 1. The number of hydrogen-bond donors (Lipinski definition) is 5. The second kappa shape index (κ2) is 29.7. The van der Waals surface area contributed by atoms with Crippen LogP contribution in [0, 0.1) is 0 Å². The molecule has 0 bridgehead atoms. The molecule has 0 aliphatic heterocycles. The summed E-state index contributed by atoms with van der Waals surface area (Å²) in [4.78, 5) is 23.1. The molecular weight excluding hydrogens is 596 g/mol. The number of hydrogen-bond acceptors (Lipinski definition) is 9. The number of amides is 1. The van der Waals surface area contributed by atoms with E-state index in [1.807, 2.05) is 21.0 Å². The summed E-state index contributed by atoms with van der Waals surface area (Å²) in [6.45, 7) is 7.70. The summed E-state index contributed by atoms with van der Waals surface area (Å²) in [5.41, 5.74) is 0. The van der Waals surface area contributed by atoms with Gasteiger partial charge in [0, 0.05) is 32.4 Å². The Labute approximate surface area is 278 Å². The van der Waals surface area contributed by atoms with E-state index in [4.69, 9.17) is 29.2 Å². The lowest BCUT2D eigenvalue weighted by Crippen LogP contribution is -2.45. The minimum Gasteiger partial charge on any atom is -0.477 e. The third-order valence-electron chi connectivity index (χ3n) is 7.86. The van der Waals surface area contributed by atoms with Crippen LogP contribution in [0.3, 0.4) is 0 Å². The highest BCUT2D eigenvalue weighted by Gasteiger charge is 2.28. The van der Waals surface area contributed by atoms with Crippen molar-refractivity contribution in [3.05, 3.63) is 0 Å². The molecule has 0 saturated carbocycles. The van der Waals surface area contributed by atoms with Gasteiger partial charge in [-0.2, -0.15) is 0 Å². The van der Waals surface area contributed by atoms with Gasteiger partial charge in [-0.1, -0.05) is 58.8 Å². The fraction of sp³-hybridized carbons (Fsp3) is 0.941. The fourth-order valence-electron chi connectivity index (χ4n) is 5.26. The van der Waals surface area contributed by atoms with Crippen molar-refractivity contribution in [2.75, 3.05) is 80.0 Å². The van der Waals surface area contributed by atoms with Gasteiger partial charge in [0.15, 0.2) is 6.54 Å². The van der Waals surface area contributed by atoms with Crippen LogP contribution >= 0.6 is 0 Å². The molecule has 1 amide bonds. The first-order valence-electron chi connectivity index (χ1n) is 17.7. The Kier molecular flexibility index (Phi) is 28.8. The van der Waals surface area contributed by atoms with Crippen LogP contribution in [0.15, 0.2) is 0 Å². The van der Waals surface area contributed by atoms with E-state index in [0.717, 1.165) is 64.2 Å². The molecule has 46 heavy (non-hydrogen) atoms. The predicted octanol–water partition coefficient (Wildman–Crippen LogP) is 3.28. The number of ether oxygens (including phenoxy) is 4. The van der Waals surface area contributed by atoms with Crippen LogP contribution in [-0.2, 0) is 28.5 Å². The molecule has 0 aromatic heterocycles. The number of quaternary nitrogens is 1. The van der Waals surface area contributed by atoms with E-state index in [2.05, 4.69) is 12.2 Å². The molecule has 5 N–H and O–H groups in total. The van der Waals surface area contributed by atoms with Crippen LogP contribution < -0.4 is 5.32 Å². The zero-order valence-electron chi connectivity index (χ0n) is 29.5. The Hall–Kier alpha value is -1.38. The minimum atomic E-state index is -0.825. The zero-order chi connectivity index (χ0) is 34.5. The molecule has 0 aliphatic rings. The van der Waals surface area contributed by atoms with Crippen molar-refractivity contribution in [2.45, 2.75) is 128 Å². The molecule has 0 spiro atoms. The molecule has 4 unspecified atom stereocenters. The number of carbonyl (C=O) groups excluding carboxylic acids is 1. The zero-order valence-corrected chi connectivity index (χ0v) is 29.5. The summed E-state index contributed by atoms with van der Waals surface area (Å²) >= 11 is 0. The Morgan fingerprint density at radius 3 is 2.00 bits per heavy atom. The lowest BCUT2D eigenvalue weighted by atomic mass is 9.96. The normalized spacial score (nSPS) is 14.6. The molecule has 0 radical (unpaired) electrons. The third-order valence-corrected chi connectivity index (χ3v) is 7.86. The van der Waals surface area contributed by atoms with Crippen LogP contribution in [-0.4, -0.2) is 141 Å². The number of nitrogens with one attached hydrogen (secondary N) is 1. The van der Waals surface area contributed by atoms with Gasteiger partial charge in [-0.3, -0.25) is 4.79 Å². The van der Waals surface area contributed by atoms with Crippen molar-refractivity contribution in [1.82, 2.24) is 5.32 Å². The minimum absolute atomic E-state index is 0.0269. The highest BCUT2D eigenvalue weighted by molar-refractivity contribution is 5.75. The molecule has 12 nitrogen and oxygen atoms in total. The number of likely N-dealkylation sites (N-methyl/N-ethyl adjacent to an activating group) is 1. The summed E-state index contributed by atoms with van der Waals surface area (Å²) in [7, 11) is 3.75. The fourth-order valence-corrected chi connectivity index (χ4v) is 5.26. The monoisotopic (exact) mass is 665 g/mol. The average Bonchev–Trinajstić information content (AvgIpc) is 3.00. The lowest BCUT2D eigenvalue weighted by Gasteiger charge is -2.30. The highest BCUT2D eigenvalue weighted by atomic mass is 16.5. The van der Waals surface area contributed by atoms with Gasteiger partial charge in [-0.05, 0) is 25.7 Å². The summed E-state index contributed by atoms with van der Waals surface area (Å²) in [5, 5.41) is 42.9. The number of carbonyl (C=O) groups is 2. The van der Waals surface area contributed by atoms with Crippen molar-refractivity contribution in [2.24, 2.45) is 0 Å². The Morgan fingerprint density at radius 2 is 1.35 bits per heavy atom. The number of unbranched alkanes of at least 4 members (excludes halogenated alkanes) is 6. The summed E-state index contributed by atoms with van der Waals surface area (Å²) in [6, 6.07) is 0. The van der Waals surface area contributed by atoms with Crippen LogP contribution in [0.25, 0.3) is 0 Å². The molecule has 0 aliphatic carbocycles. The molecule has 12 heteroatoms. The van der Waals surface area contributed by atoms with Gasteiger partial charge in [0.2, 0.25) is 5.91 Å². The first kappa shape index (κ1) is 44.6. The van der Waals surface area contributed by atoms with Crippen molar-refractivity contribution < 1.29 is 53.4 Å². The number of aliphatic hydroxyl groups is 3. The van der Waals surface area contributed by atoms with E-state index in [9.17, 15) is 19.8 Å². The largest absolute Gasteiger partial charge is 0.477 e. The van der Waals surface area contributed by atoms with Gasteiger partial charge in [-0.15, -0.1) is 0 Å². The van der Waals surface area contributed by atoms with E-state index in [1.54, 1.807) is 0 Å². The Bertz CT molecular complexity index is 728. The summed E-state index contributed by atoms with van der Waals surface area (Å²) in [5.74, 6) is -0.798. The molecule has 274 valence electrons. The van der Waals surface area contributed by atoms with Crippen LogP contribution in [0.5, 0.6) is 0 Å². The molecule has 0 rings (SSSR count). The molecule has 0 aromatic carbocycles. The average molecular weight is 666 g/mol. The van der Waals surface area contributed by atoms with Gasteiger partial charge < -0.3 is 49.2 Å². The van der Waals surface area contributed by atoms with Crippen molar-refractivity contribution >= 4 is 11.9 Å². The maximum atomic E-state index is 12.2. The topological polar surface area (TPSA) is 164 Å². The Balaban J connectivity index is 4.66. The summed E-state index contributed by atoms with van der Waals surface area (Å²) in [6.07, 6.45) is 8.69. The van der Waals surface area contributed by atoms with Crippen LogP contribution in [0.2, 0.25) is 0 Å². The van der Waals surface area contributed by atoms with Gasteiger partial charge >= 0.3 is 5.97 Å². The van der Waals surface area contributed by atoms with Gasteiger partial charge in [-0.25, -0.2) is 4.79 Å². The number of nitrogens with zero attached hydrogens (tertiary/aromatic N) is 1. The number of carboxylic acids is 1. The molecule has 0 fully saturated rings. The second-order valence-corrected chi connectivity index (χ2v) is 12.9. The number of carboxylic acid groups (broad SMARTS) is 1. The highest BCUT2D eigenvalue weighted by Crippen LogP contribution is 2.20. The molecular formula is C34H69N2O10+. The molecule has 4 atom stereocenters. The third kappa shape index (κ3) is 26.7. The lowest BCUT2D eigenvalue weighted by molar-refractivity contribution is -0.883. The van der Waals surface area contributed by atoms with E-state index < -0.39 is 30.4 Å². The maximum Gasteiger partial charge on any atom is 0.359 e. The number of rotatable bonds is 34. The van der Waals surface area contributed by atoms with Gasteiger partial charge in [0.25, 0.3) is 0 Å². The number of aliphatic hydroxyl groups excluding tert-OH is 3. The van der Waals surface area contributed by atoms with E-state index >= 15 is 0 Å². The van der Waals surface area contributed by atoms with Crippen LogP contribution in [0.1, 0.15) is 104 Å². The molecule has 0 saturated heterocycles. The molecule has 0 aromatic rings. The first-order valence-corrected chi connectivity index (χ1v) is 17.7. The SMILES string of the molecule is CCCCCC(O)C(CC(O)C(CCCCCCCC(=O)NCCC[N+](C)(C)CC(=O)O)OCCOCCC)OCCOCCO.